The molecule has 0 saturated carbocycles. The lowest BCUT2D eigenvalue weighted by atomic mass is 10.2. The van der Waals surface area contributed by atoms with E-state index >= 15 is 0 Å². The molecule has 1 aliphatic heterocycles. The summed E-state index contributed by atoms with van der Waals surface area (Å²) in [5.74, 6) is 0.531. The van der Waals surface area contributed by atoms with E-state index in [1.807, 2.05) is 24.4 Å². The number of pyridine rings is 1. The van der Waals surface area contributed by atoms with Crippen molar-refractivity contribution < 1.29 is 9.72 Å². The van der Waals surface area contributed by atoms with Gasteiger partial charge < -0.3 is 4.90 Å². The normalized spacial score (nSPS) is 12.8. The van der Waals surface area contributed by atoms with Crippen molar-refractivity contribution in [3.8, 4) is 10.6 Å². The number of hydrogen-bond acceptors (Lipinski definition) is 7. The van der Waals surface area contributed by atoms with E-state index in [1.54, 1.807) is 17.2 Å². The van der Waals surface area contributed by atoms with Crippen LogP contribution in [-0.2, 0) is 30.7 Å². The molecule has 0 radical (unpaired) electrons. The Hall–Kier alpha value is -3.20. The number of aryl methyl sites for hydroxylation is 1. The summed E-state index contributed by atoms with van der Waals surface area (Å²) in [6, 6.07) is 6.82. The predicted molar refractivity (Wildman–Crippen MR) is 104 cm³/mol. The Morgan fingerprint density at radius 2 is 2.14 bits per heavy atom. The van der Waals surface area contributed by atoms with Gasteiger partial charge >= 0.3 is 0 Å². The fraction of sp³-hybridized carbons (Fsp3) is 0.263. The number of fused-ring (bicyclic) bond motifs is 1. The molecule has 4 heterocycles. The zero-order valence-corrected chi connectivity index (χ0v) is 16.0. The highest BCUT2D eigenvalue weighted by Gasteiger charge is 2.28. The van der Waals surface area contributed by atoms with Crippen LogP contribution in [0.15, 0.2) is 35.8 Å². The number of carbonyl (C=O) groups is 1. The first kappa shape index (κ1) is 18.2. The van der Waals surface area contributed by atoms with Gasteiger partial charge in [0.25, 0.3) is 5.69 Å². The third-order valence-electron chi connectivity index (χ3n) is 4.61. The molecule has 0 spiro atoms. The van der Waals surface area contributed by atoms with Gasteiger partial charge in [0, 0.05) is 30.8 Å². The summed E-state index contributed by atoms with van der Waals surface area (Å²) in [4.78, 5) is 39.4. The minimum Gasteiger partial charge on any atom is -0.332 e. The van der Waals surface area contributed by atoms with Crippen LogP contribution in [0.2, 0.25) is 0 Å². The lowest BCUT2D eigenvalue weighted by molar-refractivity contribution is -0.385. The molecule has 142 valence electrons. The van der Waals surface area contributed by atoms with E-state index in [-0.39, 0.29) is 23.7 Å². The molecule has 0 atom stereocenters. The first-order chi connectivity index (χ1) is 13.5. The molecule has 3 aromatic heterocycles. The maximum Gasteiger partial charge on any atom is 0.291 e. The van der Waals surface area contributed by atoms with Crippen LogP contribution in [0.5, 0.6) is 0 Å². The van der Waals surface area contributed by atoms with Crippen molar-refractivity contribution in [1.82, 2.24) is 19.9 Å². The van der Waals surface area contributed by atoms with Gasteiger partial charge in [0.2, 0.25) is 5.91 Å². The molecule has 9 heteroatoms. The second-order valence-electron chi connectivity index (χ2n) is 6.44. The molecule has 0 bridgehead atoms. The van der Waals surface area contributed by atoms with Gasteiger partial charge in [-0.1, -0.05) is 13.0 Å². The number of thiophene rings is 1. The SMILES string of the molecule is CCc1ncc2c(n1)CN(C(=O)Cc1nc(-c3cccs3)ccc1[N+](=O)[O-])C2. The molecule has 8 nitrogen and oxygen atoms in total. The maximum absolute atomic E-state index is 12.8. The van der Waals surface area contributed by atoms with Crippen molar-refractivity contribution in [3.05, 3.63) is 68.7 Å². The molecule has 4 rings (SSSR count). The topological polar surface area (TPSA) is 102 Å². The zero-order valence-electron chi connectivity index (χ0n) is 15.2. The molecule has 0 unspecified atom stereocenters. The summed E-state index contributed by atoms with van der Waals surface area (Å²) in [7, 11) is 0. The maximum atomic E-state index is 12.8. The largest absolute Gasteiger partial charge is 0.332 e. The average Bonchev–Trinajstić information content (AvgIpc) is 3.36. The Morgan fingerprint density at radius 3 is 2.86 bits per heavy atom. The minimum absolute atomic E-state index is 0.127. The number of carbonyl (C=O) groups excluding carboxylic acids is 1. The summed E-state index contributed by atoms with van der Waals surface area (Å²) in [5.41, 5.74) is 2.43. The lowest BCUT2D eigenvalue weighted by Gasteiger charge is -2.15. The van der Waals surface area contributed by atoms with Crippen LogP contribution in [-0.4, -0.2) is 30.7 Å². The molecule has 0 N–H and O–H groups in total. The van der Waals surface area contributed by atoms with Crippen molar-refractivity contribution in [2.45, 2.75) is 32.9 Å². The third-order valence-corrected chi connectivity index (χ3v) is 5.51. The summed E-state index contributed by atoms with van der Waals surface area (Å²) in [6.45, 7) is 2.78. The van der Waals surface area contributed by atoms with Crippen molar-refractivity contribution in [2.24, 2.45) is 0 Å². The van der Waals surface area contributed by atoms with Crippen LogP contribution in [0.25, 0.3) is 10.6 Å². The molecular formula is C19H17N5O3S. The Morgan fingerprint density at radius 1 is 1.29 bits per heavy atom. The van der Waals surface area contributed by atoms with E-state index in [9.17, 15) is 14.9 Å². The van der Waals surface area contributed by atoms with Gasteiger partial charge in [0.1, 0.15) is 11.5 Å². The van der Waals surface area contributed by atoms with E-state index in [4.69, 9.17) is 0 Å². The predicted octanol–water partition coefficient (Wildman–Crippen LogP) is 3.16. The molecule has 0 aliphatic carbocycles. The molecule has 0 fully saturated rings. The highest BCUT2D eigenvalue weighted by atomic mass is 32.1. The second kappa shape index (κ2) is 7.43. The van der Waals surface area contributed by atoms with E-state index in [0.29, 0.717) is 18.8 Å². The van der Waals surface area contributed by atoms with E-state index in [1.165, 1.54) is 17.4 Å². The highest BCUT2D eigenvalue weighted by Crippen LogP contribution is 2.28. The molecular weight excluding hydrogens is 378 g/mol. The van der Waals surface area contributed by atoms with Gasteiger partial charge in [0.15, 0.2) is 0 Å². The minimum atomic E-state index is -0.494. The fourth-order valence-electron chi connectivity index (χ4n) is 3.15. The molecule has 0 aromatic carbocycles. The fourth-order valence-corrected chi connectivity index (χ4v) is 3.84. The lowest BCUT2D eigenvalue weighted by Crippen LogP contribution is -2.27. The smallest absolute Gasteiger partial charge is 0.291 e. The Balaban J connectivity index is 1.57. The zero-order chi connectivity index (χ0) is 19.7. The van der Waals surface area contributed by atoms with E-state index in [2.05, 4.69) is 15.0 Å². The van der Waals surface area contributed by atoms with Gasteiger partial charge in [-0.05, 0) is 17.5 Å². The van der Waals surface area contributed by atoms with Crippen LogP contribution in [0, 0.1) is 10.1 Å². The number of rotatable bonds is 5. The standard InChI is InChI=1S/C19H17N5O3S/c1-2-18-20-9-12-10-23(11-15(12)22-18)19(25)8-14-16(24(26)27)6-5-13(21-14)17-4-3-7-28-17/h3-7,9H,2,8,10-11H2,1H3. The van der Waals surface area contributed by atoms with Crippen molar-refractivity contribution >= 4 is 22.9 Å². The van der Waals surface area contributed by atoms with Gasteiger partial charge in [0.05, 0.1) is 34.2 Å². The average molecular weight is 395 g/mol. The highest BCUT2D eigenvalue weighted by molar-refractivity contribution is 7.13. The van der Waals surface area contributed by atoms with Crippen LogP contribution in [0.3, 0.4) is 0 Å². The first-order valence-corrected chi connectivity index (χ1v) is 9.72. The van der Waals surface area contributed by atoms with Gasteiger partial charge in [-0.15, -0.1) is 11.3 Å². The number of hydrogen-bond donors (Lipinski definition) is 0. The first-order valence-electron chi connectivity index (χ1n) is 8.84. The summed E-state index contributed by atoms with van der Waals surface area (Å²) < 4.78 is 0. The quantitative estimate of drug-likeness (QED) is 0.486. The number of aromatic nitrogens is 3. The molecule has 1 aliphatic rings. The summed E-state index contributed by atoms with van der Waals surface area (Å²) in [5, 5.41) is 13.3. The van der Waals surface area contributed by atoms with Gasteiger partial charge in [-0.25, -0.2) is 15.0 Å². The van der Waals surface area contributed by atoms with Gasteiger partial charge in [-0.2, -0.15) is 0 Å². The second-order valence-corrected chi connectivity index (χ2v) is 7.38. The molecule has 28 heavy (non-hydrogen) atoms. The Kier molecular flexibility index (Phi) is 4.82. The van der Waals surface area contributed by atoms with Crippen LogP contribution >= 0.6 is 11.3 Å². The number of nitro groups is 1. The van der Waals surface area contributed by atoms with Gasteiger partial charge in [-0.3, -0.25) is 14.9 Å². The van der Waals surface area contributed by atoms with E-state index in [0.717, 1.165) is 28.4 Å². The Labute approximate surface area is 165 Å². The van der Waals surface area contributed by atoms with Crippen LogP contribution in [0.4, 0.5) is 5.69 Å². The van der Waals surface area contributed by atoms with Crippen molar-refractivity contribution in [2.75, 3.05) is 0 Å². The Bertz CT molecular complexity index is 1050. The molecule has 3 aromatic rings. The van der Waals surface area contributed by atoms with Crippen LogP contribution in [0.1, 0.15) is 29.7 Å². The number of nitrogens with zero attached hydrogens (tertiary/aromatic N) is 5. The third kappa shape index (κ3) is 3.48. The van der Waals surface area contributed by atoms with Crippen molar-refractivity contribution in [3.63, 3.8) is 0 Å². The summed E-state index contributed by atoms with van der Waals surface area (Å²) in [6.07, 6.45) is 2.36. The van der Waals surface area contributed by atoms with Crippen LogP contribution < -0.4 is 0 Å². The molecule has 0 saturated heterocycles. The van der Waals surface area contributed by atoms with E-state index < -0.39 is 4.92 Å². The van der Waals surface area contributed by atoms with Crippen molar-refractivity contribution in [1.29, 1.82) is 0 Å². The summed E-state index contributed by atoms with van der Waals surface area (Å²) >= 11 is 1.50. The molecule has 1 amide bonds. The monoisotopic (exact) mass is 395 g/mol. The number of amides is 1.